The van der Waals surface area contributed by atoms with Crippen molar-refractivity contribution in [2.75, 3.05) is 0 Å². The average Bonchev–Trinajstić information content (AvgIpc) is 2.26. The van der Waals surface area contributed by atoms with Gasteiger partial charge in [-0.3, -0.25) is 0 Å². The molecule has 1 rings (SSSR count). The Labute approximate surface area is 117 Å². The van der Waals surface area contributed by atoms with Gasteiger partial charge in [-0.2, -0.15) is 0 Å². The smallest absolute Gasteiger partial charge is 0.336 e. The molecule has 0 amide bonds. The summed E-state index contributed by atoms with van der Waals surface area (Å²) in [5.74, 6) is -2.46. The van der Waals surface area contributed by atoms with Gasteiger partial charge >= 0.3 is 11.9 Å². The Hall–Kier alpha value is -1.92. The topological polar surface area (TPSA) is 115 Å². The van der Waals surface area contributed by atoms with E-state index in [-0.39, 0.29) is 11.1 Å². The van der Waals surface area contributed by atoms with Crippen molar-refractivity contribution in [1.29, 1.82) is 0 Å². The lowest BCUT2D eigenvalue weighted by Crippen LogP contribution is -2.24. The van der Waals surface area contributed by atoms with Crippen LogP contribution in [0.3, 0.4) is 0 Å². The third-order valence-electron chi connectivity index (χ3n) is 2.18. The average molecular weight is 284 g/mol. The van der Waals surface area contributed by atoms with Crippen molar-refractivity contribution in [2.45, 2.75) is 38.9 Å². The van der Waals surface area contributed by atoms with E-state index in [0.29, 0.717) is 6.42 Å². The molecule has 0 aromatic heterocycles. The molecular weight excluding hydrogens is 264 g/mol. The van der Waals surface area contributed by atoms with E-state index >= 15 is 0 Å². The molecule has 0 radical (unpaired) electrons. The highest BCUT2D eigenvalue weighted by Crippen LogP contribution is 2.09. The lowest BCUT2D eigenvalue weighted by Gasteiger charge is -2.17. The molecule has 4 N–H and O–H groups in total. The molecule has 1 aromatic carbocycles. The van der Waals surface area contributed by atoms with Gasteiger partial charge in [0.15, 0.2) is 0 Å². The highest BCUT2D eigenvalue weighted by atomic mass is 16.4. The predicted octanol–water partition coefficient (Wildman–Crippen LogP) is 1.61. The molecule has 6 nitrogen and oxygen atoms in total. The molecule has 0 saturated carbocycles. The van der Waals surface area contributed by atoms with Crippen LogP contribution in [-0.2, 0) is 0 Å². The number of aromatic carboxylic acids is 2. The summed E-state index contributed by atoms with van der Waals surface area (Å²) in [6, 6.07) is 5.48. The van der Waals surface area contributed by atoms with E-state index in [1.165, 1.54) is 24.3 Å². The van der Waals surface area contributed by atoms with E-state index in [0.717, 1.165) is 0 Å². The Kier molecular flexibility index (Phi) is 6.89. The van der Waals surface area contributed by atoms with Gasteiger partial charge in [-0.15, -0.1) is 0 Å². The fraction of sp³-hybridized carbons (Fsp3) is 0.429. The van der Waals surface area contributed by atoms with Crippen molar-refractivity contribution in [3.63, 3.8) is 0 Å². The minimum Gasteiger partial charge on any atom is -0.478 e. The largest absolute Gasteiger partial charge is 0.478 e. The summed E-state index contributed by atoms with van der Waals surface area (Å²) in [7, 11) is 0. The number of carboxylic acid groups (broad SMARTS) is 2. The molecule has 0 aliphatic rings. The standard InChI is InChI=1S/C8H6O4.C6H14O2/c9-7(10)5-3-1-2-4-6(5)8(11)12;1-5(7)4-6(2,3)8/h1-4H,(H,9,10)(H,11,12);5,7-8H,4H2,1-3H3. The molecule has 1 aromatic rings. The first-order chi connectivity index (χ1) is 9.04. The fourth-order valence-corrected chi connectivity index (χ4v) is 1.58. The van der Waals surface area contributed by atoms with E-state index in [4.69, 9.17) is 20.4 Å². The van der Waals surface area contributed by atoms with Crippen LogP contribution >= 0.6 is 0 Å². The number of benzene rings is 1. The molecule has 0 saturated heterocycles. The van der Waals surface area contributed by atoms with Gasteiger partial charge in [-0.1, -0.05) is 12.1 Å². The van der Waals surface area contributed by atoms with Crippen LogP contribution in [0.2, 0.25) is 0 Å². The molecule has 0 bridgehead atoms. The number of rotatable bonds is 4. The quantitative estimate of drug-likeness (QED) is 0.667. The third kappa shape index (κ3) is 7.50. The van der Waals surface area contributed by atoms with E-state index in [2.05, 4.69) is 0 Å². The van der Waals surface area contributed by atoms with Crippen LogP contribution in [-0.4, -0.2) is 44.1 Å². The van der Waals surface area contributed by atoms with Gasteiger partial charge in [0.25, 0.3) is 0 Å². The molecule has 0 fully saturated rings. The van der Waals surface area contributed by atoms with Crippen LogP contribution in [0.5, 0.6) is 0 Å². The van der Waals surface area contributed by atoms with Crippen molar-refractivity contribution in [3.8, 4) is 0 Å². The maximum absolute atomic E-state index is 10.5. The van der Waals surface area contributed by atoms with Crippen LogP contribution in [0.4, 0.5) is 0 Å². The summed E-state index contributed by atoms with van der Waals surface area (Å²) in [6.45, 7) is 5.03. The molecule has 0 aliphatic carbocycles. The zero-order valence-corrected chi connectivity index (χ0v) is 11.7. The zero-order valence-electron chi connectivity index (χ0n) is 11.7. The van der Waals surface area contributed by atoms with Gasteiger partial charge in [0, 0.05) is 6.42 Å². The third-order valence-corrected chi connectivity index (χ3v) is 2.18. The number of aliphatic hydroxyl groups excluding tert-OH is 1. The Morgan fingerprint density at radius 2 is 1.45 bits per heavy atom. The fourth-order valence-electron chi connectivity index (χ4n) is 1.58. The van der Waals surface area contributed by atoms with E-state index in [9.17, 15) is 9.59 Å². The highest BCUT2D eigenvalue weighted by molar-refractivity contribution is 6.01. The van der Waals surface area contributed by atoms with E-state index < -0.39 is 23.6 Å². The SMILES string of the molecule is CC(O)CC(C)(C)O.O=C(O)c1ccccc1C(=O)O. The maximum atomic E-state index is 10.5. The Balaban J connectivity index is 0.000000396. The minimum absolute atomic E-state index is 0.190. The highest BCUT2D eigenvalue weighted by Gasteiger charge is 2.14. The number of carbonyl (C=O) groups is 2. The Morgan fingerprint density at radius 3 is 1.60 bits per heavy atom. The van der Waals surface area contributed by atoms with Gasteiger partial charge in [-0.25, -0.2) is 9.59 Å². The summed E-state index contributed by atoms with van der Waals surface area (Å²) in [5.41, 5.74) is -1.11. The zero-order chi connectivity index (χ0) is 15.9. The van der Waals surface area contributed by atoms with E-state index in [1.54, 1.807) is 20.8 Å². The molecule has 1 atom stereocenters. The molecule has 1 unspecified atom stereocenters. The molecule has 112 valence electrons. The normalized spacial score (nSPS) is 12.1. The predicted molar refractivity (Wildman–Crippen MR) is 73.0 cm³/mol. The van der Waals surface area contributed by atoms with Crippen LogP contribution in [0.15, 0.2) is 24.3 Å². The second kappa shape index (κ2) is 7.62. The van der Waals surface area contributed by atoms with Gasteiger partial charge in [-0.05, 0) is 32.9 Å². The van der Waals surface area contributed by atoms with Crippen LogP contribution in [0.25, 0.3) is 0 Å². The maximum Gasteiger partial charge on any atom is 0.336 e. The number of aliphatic hydroxyl groups is 2. The Morgan fingerprint density at radius 1 is 1.10 bits per heavy atom. The number of hydrogen-bond donors (Lipinski definition) is 4. The minimum atomic E-state index is -1.23. The Bertz CT molecular complexity index is 426. The van der Waals surface area contributed by atoms with Crippen molar-refractivity contribution >= 4 is 11.9 Å². The molecule has 0 aliphatic heterocycles. The van der Waals surface area contributed by atoms with Crippen molar-refractivity contribution < 1.29 is 30.0 Å². The summed E-state index contributed by atoms with van der Waals surface area (Å²) < 4.78 is 0. The first kappa shape index (κ1) is 18.1. The van der Waals surface area contributed by atoms with Gasteiger partial charge < -0.3 is 20.4 Å². The molecule has 0 spiro atoms. The van der Waals surface area contributed by atoms with Crippen molar-refractivity contribution in [1.82, 2.24) is 0 Å². The molecule has 20 heavy (non-hydrogen) atoms. The molecular formula is C14H20O6. The van der Waals surface area contributed by atoms with Gasteiger partial charge in [0.2, 0.25) is 0 Å². The summed E-state index contributed by atoms with van der Waals surface area (Å²) >= 11 is 0. The van der Waals surface area contributed by atoms with Crippen molar-refractivity contribution in [2.24, 2.45) is 0 Å². The van der Waals surface area contributed by atoms with Crippen LogP contribution in [0, 0.1) is 0 Å². The summed E-state index contributed by atoms with van der Waals surface area (Å²) in [5, 5.41) is 34.9. The monoisotopic (exact) mass is 284 g/mol. The van der Waals surface area contributed by atoms with Gasteiger partial charge in [0.1, 0.15) is 0 Å². The number of hydrogen-bond acceptors (Lipinski definition) is 4. The second-order valence-corrected chi connectivity index (χ2v) is 5.02. The summed E-state index contributed by atoms with van der Waals surface area (Å²) in [6.07, 6.45) is 0.0301. The van der Waals surface area contributed by atoms with Crippen molar-refractivity contribution in [3.05, 3.63) is 35.4 Å². The lowest BCUT2D eigenvalue weighted by molar-refractivity contribution is 0.0248. The van der Waals surface area contributed by atoms with Gasteiger partial charge in [0.05, 0.1) is 22.8 Å². The number of carboxylic acids is 2. The summed E-state index contributed by atoms with van der Waals surface area (Å²) in [4.78, 5) is 20.9. The van der Waals surface area contributed by atoms with E-state index in [1.807, 2.05) is 0 Å². The van der Waals surface area contributed by atoms with Crippen LogP contribution in [0.1, 0.15) is 47.9 Å². The first-order valence-corrected chi connectivity index (χ1v) is 6.00. The first-order valence-electron chi connectivity index (χ1n) is 6.00. The van der Waals surface area contributed by atoms with Crippen LogP contribution < -0.4 is 0 Å². The second-order valence-electron chi connectivity index (χ2n) is 5.02. The lowest BCUT2D eigenvalue weighted by atomic mass is 10.0. The molecule has 6 heteroatoms. The molecule has 0 heterocycles.